The van der Waals surface area contributed by atoms with Crippen LogP contribution in [0.2, 0.25) is 5.02 Å². The van der Waals surface area contributed by atoms with Crippen molar-refractivity contribution in [2.45, 2.75) is 43.5 Å². The van der Waals surface area contributed by atoms with E-state index in [0.29, 0.717) is 0 Å². The maximum Gasteiger partial charge on any atom is 0.0548 e. The van der Waals surface area contributed by atoms with Gasteiger partial charge in [0.05, 0.1) is 5.02 Å². The monoisotopic (exact) mass is 319 g/mol. The van der Waals surface area contributed by atoms with Gasteiger partial charge in [0.15, 0.2) is 0 Å². The topological polar surface area (TPSA) is 12.0 Å². The molecule has 0 heterocycles. The van der Waals surface area contributed by atoms with Gasteiger partial charge >= 0.3 is 0 Å². The number of hydrogen-bond donors (Lipinski definition) is 1. The van der Waals surface area contributed by atoms with E-state index >= 15 is 0 Å². The summed E-state index contributed by atoms with van der Waals surface area (Å²) in [5, 5.41) is 4.29. The molecule has 2 aromatic rings. The van der Waals surface area contributed by atoms with Crippen LogP contribution in [0.25, 0.3) is 0 Å². The van der Waals surface area contributed by atoms with Crippen LogP contribution < -0.4 is 5.32 Å². The van der Waals surface area contributed by atoms with Crippen LogP contribution in [0.15, 0.2) is 46.2 Å². The van der Waals surface area contributed by atoms with Gasteiger partial charge in [-0.05, 0) is 50.1 Å². The van der Waals surface area contributed by atoms with Crippen LogP contribution in [-0.4, -0.2) is 6.54 Å². The third-order valence-corrected chi connectivity index (χ3v) is 5.12. The number of hydrogen-bond acceptors (Lipinski definition) is 2. The van der Waals surface area contributed by atoms with Gasteiger partial charge in [0.25, 0.3) is 0 Å². The predicted octanol–water partition coefficient (Wildman–Crippen LogP) is 5.61. The van der Waals surface area contributed by atoms with Crippen molar-refractivity contribution in [3.05, 3.63) is 58.1 Å². The van der Waals surface area contributed by atoms with Crippen molar-refractivity contribution in [3.63, 3.8) is 0 Å². The maximum atomic E-state index is 6.43. The third-order valence-electron chi connectivity index (χ3n) is 3.33. The fourth-order valence-corrected chi connectivity index (χ4v) is 3.55. The molecule has 3 heteroatoms. The first-order valence-corrected chi connectivity index (χ1v) is 8.54. The average molecular weight is 320 g/mol. The minimum absolute atomic E-state index is 0.829. The lowest BCUT2D eigenvalue weighted by Crippen LogP contribution is -2.14. The first kappa shape index (κ1) is 16.4. The van der Waals surface area contributed by atoms with Crippen LogP contribution in [0.5, 0.6) is 0 Å². The van der Waals surface area contributed by atoms with E-state index in [9.17, 15) is 0 Å². The Labute approximate surface area is 137 Å². The summed E-state index contributed by atoms with van der Waals surface area (Å²) < 4.78 is 0. The van der Waals surface area contributed by atoms with Gasteiger partial charge in [-0.3, -0.25) is 0 Å². The second kappa shape index (κ2) is 7.88. The third kappa shape index (κ3) is 4.50. The van der Waals surface area contributed by atoms with Gasteiger partial charge in [0.2, 0.25) is 0 Å². The van der Waals surface area contributed by atoms with Gasteiger partial charge in [0.1, 0.15) is 0 Å². The smallest absolute Gasteiger partial charge is 0.0548 e. The molecule has 2 rings (SSSR count). The van der Waals surface area contributed by atoms with Gasteiger partial charge < -0.3 is 5.32 Å². The minimum Gasteiger partial charge on any atom is -0.313 e. The largest absolute Gasteiger partial charge is 0.313 e. The highest BCUT2D eigenvalue weighted by atomic mass is 35.5. The zero-order valence-electron chi connectivity index (χ0n) is 12.9. The molecule has 21 heavy (non-hydrogen) atoms. The molecule has 112 valence electrons. The van der Waals surface area contributed by atoms with Crippen LogP contribution in [0.1, 0.15) is 30.0 Å². The van der Waals surface area contributed by atoms with Gasteiger partial charge in [0, 0.05) is 16.3 Å². The Kier molecular flexibility index (Phi) is 6.16. The summed E-state index contributed by atoms with van der Waals surface area (Å²) in [6.45, 7) is 8.34. The first-order valence-electron chi connectivity index (χ1n) is 7.35. The van der Waals surface area contributed by atoms with Crippen molar-refractivity contribution >= 4 is 23.4 Å². The number of nitrogens with one attached hydrogen (secondary N) is 1. The standard InChI is InChI=1S/C18H22ClNS/c1-4-10-20-12-15-6-5-7-16(19)18(15)21-17-9-8-13(2)11-14(17)3/h5-9,11,20H,4,10,12H2,1-3H3. The molecule has 0 fully saturated rings. The van der Waals surface area contributed by atoms with Crippen LogP contribution in [-0.2, 0) is 6.54 Å². The number of halogens is 1. The fraction of sp³-hybridized carbons (Fsp3) is 0.333. The normalized spacial score (nSPS) is 10.9. The average Bonchev–Trinajstić information content (AvgIpc) is 2.45. The molecule has 0 saturated carbocycles. The molecular weight excluding hydrogens is 298 g/mol. The zero-order chi connectivity index (χ0) is 15.2. The van der Waals surface area contributed by atoms with E-state index in [1.165, 1.54) is 21.6 Å². The molecule has 0 atom stereocenters. The SMILES string of the molecule is CCCNCc1cccc(Cl)c1Sc1ccc(C)cc1C. The Bertz CT molecular complexity index is 610. The van der Waals surface area contributed by atoms with Crippen molar-refractivity contribution in [1.29, 1.82) is 0 Å². The van der Waals surface area contributed by atoms with Gasteiger partial charge in [-0.1, -0.05) is 60.1 Å². The van der Waals surface area contributed by atoms with Crippen LogP contribution in [0, 0.1) is 13.8 Å². The number of benzene rings is 2. The Morgan fingerprint density at radius 3 is 2.67 bits per heavy atom. The molecule has 0 unspecified atom stereocenters. The Balaban J connectivity index is 2.25. The molecule has 0 aliphatic carbocycles. The Morgan fingerprint density at radius 2 is 1.95 bits per heavy atom. The van der Waals surface area contributed by atoms with E-state index in [-0.39, 0.29) is 0 Å². The summed E-state index contributed by atoms with van der Waals surface area (Å²) in [4.78, 5) is 2.43. The molecular formula is C18H22ClNS. The first-order chi connectivity index (χ1) is 10.1. The second-order valence-corrected chi connectivity index (χ2v) is 6.74. The molecule has 0 aliphatic rings. The highest BCUT2D eigenvalue weighted by Gasteiger charge is 2.10. The van der Waals surface area contributed by atoms with E-state index in [4.69, 9.17) is 11.6 Å². The summed E-state index contributed by atoms with van der Waals surface area (Å²) in [5.41, 5.74) is 3.86. The van der Waals surface area contributed by atoms with Crippen molar-refractivity contribution in [3.8, 4) is 0 Å². The highest BCUT2D eigenvalue weighted by molar-refractivity contribution is 7.99. The quantitative estimate of drug-likeness (QED) is 0.695. The molecule has 0 radical (unpaired) electrons. The van der Waals surface area contributed by atoms with Crippen LogP contribution in [0.4, 0.5) is 0 Å². The lowest BCUT2D eigenvalue weighted by atomic mass is 10.2. The van der Waals surface area contributed by atoms with E-state index in [1.807, 2.05) is 12.1 Å². The maximum absolute atomic E-state index is 6.43. The molecule has 0 saturated heterocycles. The zero-order valence-corrected chi connectivity index (χ0v) is 14.4. The molecule has 1 nitrogen and oxygen atoms in total. The highest BCUT2D eigenvalue weighted by Crippen LogP contribution is 2.37. The fourth-order valence-electron chi connectivity index (χ4n) is 2.23. The van der Waals surface area contributed by atoms with E-state index < -0.39 is 0 Å². The summed E-state index contributed by atoms with van der Waals surface area (Å²) in [6, 6.07) is 12.7. The van der Waals surface area contributed by atoms with Crippen molar-refractivity contribution in [1.82, 2.24) is 5.32 Å². The summed E-state index contributed by atoms with van der Waals surface area (Å²) in [7, 11) is 0. The van der Waals surface area contributed by atoms with Crippen LogP contribution >= 0.6 is 23.4 Å². The second-order valence-electron chi connectivity index (χ2n) is 5.28. The van der Waals surface area contributed by atoms with Crippen LogP contribution in [0.3, 0.4) is 0 Å². The molecule has 0 bridgehead atoms. The van der Waals surface area contributed by atoms with Crippen molar-refractivity contribution in [2.24, 2.45) is 0 Å². The van der Waals surface area contributed by atoms with Gasteiger partial charge in [-0.15, -0.1) is 0 Å². The molecule has 1 N–H and O–H groups in total. The Hall–Kier alpha value is -0.960. The molecule has 0 amide bonds. The van der Waals surface area contributed by atoms with Gasteiger partial charge in [-0.2, -0.15) is 0 Å². The van der Waals surface area contributed by atoms with E-state index in [2.05, 4.69) is 50.4 Å². The van der Waals surface area contributed by atoms with E-state index in [0.717, 1.165) is 29.4 Å². The molecule has 0 aromatic heterocycles. The molecule has 0 spiro atoms. The number of rotatable bonds is 6. The Morgan fingerprint density at radius 1 is 1.14 bits per heavy atom. The summed E-state index contributed by atoms with van der Waals surface area (Å²) in [6.07, 6.45) is 1.14. The molecule has 0 aliphatic heterocycles. The summed E-state index contributed by atoms with van der Waals surface area (Å²) >= 11 is 8.19. The lowest BCUT2D eigenvalue weighted by Gasteiger charge is -2.13. The summed E-state index contributed by atoms with van der Waals surface area (Å²) in [5.74, 6) is 0. The predicted molar refractivity (Wildman–Crippen MR) is 93.5 cm³/mol. The molecule has 2 aromatic carbocycles. The number of aryl methyl sites for hydroxylation is 2. The van der Waals surface area contributed by atoms with E-state index in [1.54, 1.807) is 11.8 Å². The lowest BCUT2D eigenvalue weighted by molar-refractivity contribution is 0.669. The van der Waals surface area contributed by atoms with Crippen molar-refractivity contribution < 1.29 is 0 Å². The van der Waals surface area contributed by atoms with Gasteiger partial charge in [-0.25, -0.2) is 0 Å². The van der Waals surface area contributed by atoms with Crippen molar-refractivity contribution in [2.75, 3.05) is 6.54 Å². The minimum atomic E-state index is 0.829.